The molecule has 26 heavy (non-hydrogen) atoms. The number of rotatable bonds is 5. The van der Waals surface area contributed by atoms with Crippen LogP contribution in [0.4, 0.5) is 0 Å². The summed E-state index contributed by atoms with van der Waals surface area (Å²) in [6, 6.07) is 7.76. The van der Waals surface area contributed by atoms with Crippen molar-refractivity contribution in [3.05, 3.63) is 29.8 Å². The van der Waals surface area contributed by atoms with Gasteiger partial charge in [-0.05, 0) is 19.1 Å². The summed E-state index contributed by atoms with van der Waals surface area (Å²) in [5.41, 5.74) is 0.501. The Bertz CT molecular complexity index is 658. The smallest absolute Gasteiger partial charge is 0.303 e. The van der Waals surface area contributed by atoms with Crippen LogP contribution in [0, 0.1) is 6.92 Å². The van der Waals surface area contributed by atoms with E-state index in [0.717, 1.165) is 10.5 Å². The van der Waals surface area contributed by atoms with Gasteiger partial charge in [-0.1, -0.05) is 29.5 Å². The Morgan fingerprint density at radius 2 is 1.46 bits per heavy atom. The molecular weight excluding hydrogens is 360 g/mol. The number of hydrogen-bond acceptors (Lipinski definition) is 8. The summed E-state index contributed by atoms with van der Waals surface area (Å²) in [5.74, 6) is -1.65. The van der Waals surface area contributed by atoms with E-state index in [1.165, 1.54) is 32.5 Å². The van der Waals surface area contributed by atoms with Crippen LogP contribution >= 0.6 is 11.8 Å². The third kappa shape index (κ3) is 5.74. The van der Waals surface area contributed by atoms with Crippen LogP contribution in [0.15, 0.2) is 29.2 Å². The highest BCUT2D eigenvalue weighted by Gasteiger charge is 2.47. The Hall–Kier alpha value is -2.06. The minimum Gasteiger partial charge on any atom is -0.456 e. The second-order valence-electron chi connectivity index (χ2n) is 5.93. The summed E-state index contributed by atoms with van der Waals surface area (Å²) in [4.78, 5) is 35.4. The van der Waals surface area contributed by atoms with E-state index in [1.54, 1.807) is 0 Å². The lowest BCUT2D eigenvalue weighted by atomic mass is 10.1. The van der Waals surface area contributed by atoms with Crippen molar-refractivity contribution in [1.82, 2.24) is 0 Å². The van der Waals surface area contributed by atoms with Gasteiger partial charge in [-0.2, -0.15) is 0 Å². The van der Waals surface area contributed by atoms with E-state index in [0.29, 0.717) is 0 Å². The zero-order valence-corrected chi connectivity index (χ0v) is 15.9. The predicted molar refractivity (Wildman–Crippen MR) is 93.4 cm³/mol. The van der Waals surface area contributed by atoms with Gasteiger partial charge in [0.15, 0.2) is 18.3 Å². The summed E-state index contributed by atoms with van der Waals surface area (Å²) in [7, 11) is 0. The fourth-order valence-electron chi connectivity index (χ4n) is 2.56. The van der Waals surface area contributed by atoms with E-state index in [-0.39, 0.29) is 6.61 Å². The molecule has 0 spiro atoms. The summed E-state index contributed by atoms with van der Waals surface area (Å²) in [6.45, 7) is 5.76. The third-order valence-corrected chi connectivity index (χ3v) is 4.76. The molecule has 8 heteroatoms. The number of carbonyl (C=O) groups is 3. The van der Waals surface area contributed by atoms with E-state index in [2.05, 4.69) is 0 Å². The van der Waals surface area contributed by atoms with Gasteiger partial charge >= 0.3 is 17.9 Å². The van der Waals surface area contributed by atoms with Crippen molar-refractivity contribution < 1.29 is 33.3 Å². The Balaban J connectivity index is 2.25. The van der Waals surface area contributed by atoms with E-state index < -0.39 is 41.7 Å². The monoisotopic (exact) mass is 382 g/mol. The maximum atomic E-state index is 11.6. The van der Waals surface area contributed by atoms with Crippen molar-refractivity contribution in [3.63, 3.8) is 0 Å². The van der Waals surface area contributed by atoms with Gasteiger partial charge in [-0.3, -0.25) is 14.4 Å². The van der Waals surface area contributed by atoms with Gasteiger partial charge < -0.3 is 18.9 Å². The summed E-state index contributed by atoms with van der Waals surface area (Å²) in [6.07, 6.45) is -2.71. The van der Waals surface area contributed by atoms with E-state index in [1.807, 2.05) is 31.2 Å². The Kier molecular flexibility index (Phi) is 7.05. The molecule has 0 aromatic heterocycles. The zero-order valence-electron chi connectivity index (χ0n) is 15.1. The molecule has 142 valence electrons. The molecule has 7 nitrogen and oxygen atoms in total. The average molecular weight is 382 g/mol. The fraction of sp³-hybridized carbons (Fsp3) is 0.500. The number of benzene rings is 1. The number of aryl methyl sites for hydroxylation is 1. The molecule has 0 N–H and O–H groups in total. The normalized spacial score (nSPS) is 25.2. The van der Waals surface area contributed by atoms with Crippen molar-refractivity contribution in [3.8, 4) is 0 Å². The van der Waals surface area contributed by atoms with Gasteiger partial charge in [0.2, 0.25) is 0 Å². The largest absolute Gasteiger partial charge is 0.456 e. The summed E-state index contributed by atoms with van der Waals surface area (Å²) >= 11 is 1.34. The third-order valence-electron chi connectivity index (χ3n) is 3.58. The highest BCUT2D eigenvalue weighted by Crippen LogP contribution is 2.34. The van der Waals surface area contributed by atoms with Gasteiger partial charge in [0.1, 0.15) is 5.44 Å². The lowest BCUT2D eigenvalue weighted by Gasteiger charge is -2.40. The average Bonchev–Trinajstić information content (AvgIpc) is 2.53. The predicted octanol–water partition coefficient (Wildman–Crippen LogP) is 2.24. The van der Waals surface area contributed by atoms with Crippen LogP contribution in [-0.2, 0) is 33.3 Å². The van der Waals surface area contributed by atoms with Crippen molar-refractivity contribution in [2.75, 3.05) is 6.61 Å². The topological polar surface area (TPSA) is 88.1 Å². The quantitative estimate of drug-likeness (QED) is 0.566. The molecule has 0 unspecified atom stereocenters. The standard InChI is InChI=1S/C18H22O7S/c1-10-5-7-14(8-6-10)26-18-17(25-13(4)21)16(24-12(3)20)15(9-22-18)23-11(2)19/h5-8,15-18H,9H2,1-4H3/t15-,16-,17+,18-/m0/s1. The molecular formula is C18H22O7S. The first-order valence-corrected chi connectivity index (χ1v) is 9.01. The van der Waals surface area contributed by atoms with Crippen LogP contribution in [0.2, 0.25) is 0 Å². The highest BCUT2D eigenvalue weighted by molar-refractivity contribution is 7.99. The molecule has 1 aliphatic rings. The van der Waals surface area contributed by atoms with Crippen molar-refractivity contribution in [2.45, 2.75) is 56.3 Å². The van der Waals surface area contributed by atoms with Crippen LogP contribution in [0.25, 0.3) is 0 Å². The molecule has 4 atom stereocenters. The molecule has 1 aromatic carbocycles. The zero-order chi connectivity index (χ0) is 19.3. The number of hydrogen-bond donors (Lipinski definition) is 0. The molecule has 2 rings (SSSR count). The van der Waals surface area contributed by atoms with Gasteiger partial charge in [0.05, 0.1) is 6.61 Å². The second-order valence-corrected chi connectivity index (χ2v) is 7.10. The van der Waals surface area contributed by atoms with Gasteiger partial charge in [-0.25, -0.2) is 0 Å². The minimum absolute atomic E-state index is 0.0266. The Morgan fingerprint density at radius 3 is 2.00 bits per heavy atom. The molecule has 0 amide bonds. The first-order chi connectivity index (χ1) is 12.3. The molecule has 1 aromatic rings. The number of carbonyl (C=O) groups excluding carboxylic acids is 3. The van der Waals surface area contributed by atoms with Crippen LogP contribution in [-0.4, -0.2) is 48.3 Å². The Morgan fingerprint density at radius 1 is 0.923 bits per heavy atom. The van der Waals surface area contributed by atoms with Crippen LogP contribution in [0.3, 0.4) is 0 Å². The van der Waals surface area contributed by atoms with Crippen LogP contribution < -0.4 is 0 Å². The molecule has 1 saturated heterocycles. The number of thioether (sulfide) groups is 1. The maximum Gasteiger partial charge on any atom is 0.303 e. The SMILES string of the molecule is CC(=O)O[C@@H]1[C@@H](OC(C)=O)[C@H](Sc2ccc(C)cc2)OC[C@@H]1OC(C)=O. The van der Waals surface area contributed by atoms with Gasteiger partial charge in [0.25, 0.3) is 0 Å². The molecule has 1 aliphatic heterocycles. The van der Waals surface area contributed by atoms with Crippen molar-refractivity contribution >= 4 is 29.7 Å². The van der Waals surface area contributed by atoms with E-state index >= 15 is 0 Å². The van der Waals surface area contributed by atoms with Crippen molar-refractivity contribution in [2.24, 2.45) is 0 Å². The first kappa shape index (κ1) is 20.3. The van der Waals surface area contributed by atoms with Crippen molar-refractivity contribution in [1.29, 1.82) is 0 Å². The molecule has 0 bridgehead atoms. The minimum atomic E-state index is -0.947. The fourth-order valence-corrected chi connectivity index (χ4v) is 3.61. The first-order valence-electron chi connectivity index (χ1n) is 8.13. The maximum absolute atomic E-state index is 11.6. The lowest BCUT2D eigenvalue weighted by molar-refractivity contribution is -0.213. The number of ether oxygens (including phenoxy) is 4. The molecule has 0 saturated carbocycles. The van der Waals surface area contributed by atoms with Crippen LogP contribution in [0.1, 0.15) is 26.3 Å². The van der Waals surface area contributed by atoms with E-state index in [9.17, 15) is 14.4 Å². The molecule has 1 heterocycles. The molecule has 1 fully saturated rings. The highest BCUT2D eigenvalue weighted by atomic mass is 32.2. The Labute approximate surface area is 156 Å². The summed E-state index contributed by atoms with van der Waals surface area (Å²) < 4.78 is 21.6. The molecule has 0 radical (unpaired) electrons. The molecule has 0 aliphatic carbocycles. The number of esters is 3. The van der Waals surface area contributed by atoms with E-state index in [4.69, 9.17) is 18.9 Å². The lowest BCUT2D eigenvalue weighted by Crippen LogP contribution is -2.56. The van der Waals surface area contributed by atoms with Crippen LogP contribution in [0.5, 0.6) is 0 Å². The summed E-state index contributed by atoms with van der Waals surface area (Å²) in [5, 5.41) is 0. The van der Waals surface area contributed by atoms with Gasteiger partial charge in [0, 0.05) is 25.7 Å². The van der Waals surface area contributed by atoms with Gasteiger partial charge in [-0.15, -0.1) is 0 Å². The second kappa shape index (κ2) is 9.05.